The Morgan fingerprint density at radius 3 is 2.65 bits per heavy atom. The molecule has 0 fully saturated rings. The zero-order valence-corrected chi connectivity index (χ0v) is 19.3. The second-order valence-corrected chi connectivity index (χ2v) is 8.33. The third-order valence-electron chi connectivity index (χ3n) is 5.46. The Morgan fingerprint density at radius 2 is 1.88 bits per heavy atom. The number of ether oxygens (including phenoxy) is 1. The number of hydrogen-bond donors (Lipinski definition) is 1. The first-order valence-electron chi connectivity index (χ1n) is 10.8. The summed E-state index contributed by atoms with van der Waals surface area (Å²) in [5.74, 6) is -0.377. The molecule has 7 nitrogen and oxygen atoms in total. The molecule has 2 aromatic carbocycles. The fraction of sp³-hybridized carbons (Fsp3) is 0.192. The fourth-order valence-electron chi connectivity index (χ4n) is 3.80. The van der Waals surface area contributed by atoms with E-state index in [0.29, 0.717) is 17.3 Å². The van der Waals surface area contributed by atoms with E-state index in [1.807, 2.05) is 30.3 Å². The summed E-state index contributed by atoms with van der Waals surface area (Å²) in [5, 5.41) is 3.16. The molecule has 2 heterocycles. The van der Waals surface area contributed by atoms with Crippen LogP contribution >= 0.6 is 11.6 Å². The Balaban J connectivity index is 1.72. The van der Waals surface area contributed by atoms with Gasteiger partial charge in [0.25, 0.3) is 11.8 Å². The smallest absolute Gasteiger partial charge is 0.259 e. The van der Waals surface area contributed by atoms with Gasteiger partial charge in [-0.3, -0.25) is 14.4 Å². The molecule has 1 aliphatic rings. The number of hydrogen-bond acceptors (Lipinski definition) is 4. The Kier molecular flexibility index (Phi) is 7.13. The number of fused-ring (bicyclic) bond motifs is 1. The molecule has 8 heteroatoms. The van der Waals surface area contributed by atoms with E-state index in [1.54, 1.807) is 22.8 Å². The maximum Gasteiger partial charge on any atom is 0.259 e. The molecule has 4 rings (SSSR count). The molecule has 0 aliphatic carbocycles. The van der Waals surface area contributed by atoms with Gasteiger partial charge in [0.1, 0.15) is 23.5 Å². The third kappa shape index (κ3) is 5.21. The van der Waals surface area contributed by atoms with Crippen LogP contribution in [0.15, 0.2) is 78.4 Å². The molecule has 0 spiro atoms. The maximum atomic E-state index is 13.5. The van der Waals surface area contributed by atoms with E-state index >= 15 is 0 Å². The van der Waals surface area contributed by atoms with E-state index in [9.17, 15) is 14.4 Å². The van der Waals surface area contributed by atoms with Gasteiger partial charge >= 0.3 is 0 Å². The van der Waals surface area contributed by atoms with E-state index in [2.05, 4.69) is 11.9 Å². The summed E-state index contributed by atoms with van der Waals surface area (Å²) in [7, 11) is 0. The number of aromatic nitrogens is 1. The number of nitrogens with zero attached hydrogens (tertiary/aromatic N) is 2. The molecular formula is C26H24ClN3O4. The molecule has 3 aromatic rings. The van der Waals surface area contributed by atoms with Crippen molar-refractivity contribution in [2.45, 2.75) is 13.1 Å². The molecule has 0 unspecified atom stereocenters. The Morgan fingerprint density at radius 1 is 1.12 bits per heavy atom. The van der Waals surface area contributed by atoms with Gasteiger partial charge < -0.3 is 19.5 Å². The first kappa shape index (κ1) is 23.3. The van der Waals surface area contributed by atoms with Crippen molar-refractivity contribution in [3.05, 3.63) is 111 Å². The summed E-state index contributed by atoms with van der Waals surface area (Å²) in [6, 6.07) is 14.8. The Hall–Kier alpha value is -3.84. The minimum Gasteiger partial charge on any atom is -0.491 e. The van der Waals surface area contributed by atoms with Crippen LogP contribution in [0.2, 0.25) is 5.02 Å². The van der Waals surface area contributed by atoms with Crippen LogP contribution in [0, 0.1) is 0 Å². The van der Waals surface area contributed by atoms with Crippen molar-refractivity contribution >= 4 is 23.4 Å². The summed E-state index contributed by atoms with van der Waals surface area (Å²) < 4.78 is 7.44. The topological polar surface area (TPSA) is 80.6 Å². The van der Waals surface area contributed by atoms with Crippen molar-refractivity contribution < 1.29 is 14.3 Å². The van der Waals surface area contributed by atoms with Crippen molar-refractivity contribution in [1.82, 2.24) is 14.8 Å². The number of halogens is 1. The molecule has 0 radical (unpaired) electrons. The number of carbonyl (C=O) groups excluding carboxylic acids is 2. The molecule has 1 aromatic heterocycles. The quantitative estimate of drug-likeness (QED) is 0.551. The van der Waals surface area contributed by atoms with Crippen molar-refractivity contribution in [1.29, 1.82) is 0 Å². The normalized spacial score (nSPS) is 12.8. The second kappa shape index (κ2) is 10.4. The SMILES string of the molecule is C=CCNC(=O)c1cn(Cc2ccccc2)cc(C(=O)N2CCOc3ccc(Cl)cc3C2)c1=O. The number of benzene rings is 2. The highest BCUT2D eigenvalue weighted by Gasteiger charge is 2.26. The molecule has 2 amide bonds. The van der Waals surface area contributed by atoms with Gasteiger partial charge in [-0.1, -0.05) is 48.0 Å². The fourth-order valence-corrected chi connectivity index (χ4v) is 3.99. The number of pyridine rings is 1. The molecule has 1 aliphatic heterocycles. The second-order valence-electron chi connectivity index (χ2n) is 7.90. The molecule has 34 heavy (non-hydrogen) atoms. The maximum absolute atomic E-state index is 13.5. The molecular weight excluding hydrogens is 454 g/mol. The monoisotopic (exact) mass is 477 g/mol. The highest BCUT2D eigenvalue weighted by atomic mass is 35.5. The molecule has 1 N–H and O–H groups in total. The van der Waals surface area contributed by atoms with Gasteiger partial charge in [0, 0.05) is 42.6 Å². The van der Waals surface area contributed by atoms with E-state index in [1.165, 1.54) is 23.4 Å². The average Bonchev–Trinajstić information content (AvgIpc) is 3.05. The molecule has 0 saturated heterocycles. The van der Waals surface area contributed by atoms with Gasteiger partial charge in [-0.2, -0.15) is 0 Å². The molecule has 0 saturated carbocycles. The van der Waals surface area contributed by atoms with E-state index in [4.69, 9.17) is 16.3 Å². The lowest BCUT2D eigenvalue weighted by Crippen LogP contribution is -2.38. The summed E-state index contributed by atoms with van der Waals surface area (Å²) in [6.07, 6.45) is 4.51. The first-order chi connectivity index (χ1) is 16.5. The van der Waals surface area contributed by atoms with Crippen LogP contribution in [0.5, 0.6) is 5.75 Å². The van der Waals surface area contributed by atoms with Crippen LogP contribution in [0.3, 0.4) is 0 Å². The van der Waals surface area contributed by atoms with Crippen LogP contribution in [0.25, 0.3) is 0 Å². The molecule has 0 atom stereocenters. The summed E-state index contributed by atoms with van der Waals surface area (Å²) in [4.78, 5) is 41.0. The van der Waals surface area contributed by atoms with Gasteiger partial charge in [-0.05, 0) is 23.8 Å². The average molecular weight is 478 g/mol. The number of nitrogens with one attached hydrogen (secondary N) is 1. The Labute approximate surface area is 202 Å². The first-order valence-corrected chi connectivity index (χ1v) is 11.2. The van der Waals surface area contributed by atoms with E-state index in [-0.39, 0.29) is 37.4 Å². The van der Waals surface area contributed by atoms with Crippen LogP contribution in [-0.2, 0) is 13.1 Å². The summed E-state index contributed by atoms with van der Waals surface area (Å²) >= 11 is 6.13. The predicted molar refractivity (Wildman–Crippen MR) is 130 cm³/mol. The highest BCUT2D eigenvalue weighted by Crippen LogP contribution is 2.26. The molecule has 0 bridgehead atoms. The van der Waals surface area contributed by atoms with Crippen LogP contribution in [-0.4, -0.2) is 41.0 Å². The Bertz CT molecular complexity index is 1290. The standard InChI is InChI=1S/C26H24ClN3O4/c1-2-10-28-25(32)21-16-29(14-18-6-4-3-5-7-18)17-22(24(21)31)26(33)30-11-12-34-23-9-8-20(27)13-19(23)15-30/h2-9,13,16-17H,1,10-12,14-15H2,(H,28,32). The van der Waals surface area contributed by atoms with Crippen LogP contribution in [0.4, 0.5) is 0 Å². The number of amides is 2. The number of rotatable bonds is 6. The minimum absolute atomic E-state index is 0.0762. The van der Waals surface area contributed by atoms with Crippen molar-refractivity contribution in [3.8, 4) is 5.75 Å². The third-order valence-corrected chi connectivity index (χ3v) is 5.69. The largest absolute Gasteiger partial charge is 0.491 e. The van der Waals surface area contributed by atoms with Gasteiger partial charge in [-0.25, -0.2) is 0 Å². The van der Waals surface area contributed by atoms with E-state index in [0.717, 1.165) is 11.1 Å². The lowest BCUT2D eigenvalue weighted by atomic mass is 10.1. The van der Waals surface area contributed by atoms with Crippen molar-refractivity contribution in [3.63, 3.8) is 0 Å². The van der Waals surface area contributed by atoms with Gasteiger partial charge in [0.15, 0.2) is 0 Å². The van der Waals surface area contributed by atoms with Crippen molar-refractivity contribution in [2.24, 2.45) is 0 Å². The van der Waals surface area contributed by atoms with E-state index < -0.39 is 17.2 Å². The predicted octanol–water partition coefficient (Wildman–Crippen LogP) is 3.50. The van der Waals surface area contributed by atoms with Crippen molar-refractivity contribution in [2.75, 3.05) is 19.7 Å². The van der Waals surface area contributed by atoms with Gasteiger partial charge in [0.05, 0.1) is 6.54 Å². The highest BCUT2D eigenvalue weighted by molar-refractivity contribution is 6.30. The van der Waals surface area contributed by atoms with Crippen LogP contribution in [0.1, 0.15) is 31.8 Å². The lowest BCUT2D eigenvalue weighted by Gasteiger charge is -2.21. The lowest BCUT2D eigenvalue weighted by molar-refractivity contribution is 0.0731. The zero-order valence-electron chi connectivity index (χ0n) is 18.5. The van der Waals surface area contributed by atoms with Gasteiger partial charge in [0.2, 0.25) is 5.43 Å². The van der Waals surface area contributed by atoms with Crippen LogP contribution < -0.4 is 15.5 Å². The minimum atomic E-state index is -0.618. The van der Waals surface area contributed by atoms with Gasteiger partial charge in [-0.15, -0.1) is 6.58 Å². The molecule has 174 valence electrons. The number of carbonyl (C=O) groups is 2. The summed E-state index contributed by atoms with van der Waals surface area (Å²) in [6.45, 7) is 4.98. The zero-order chi connectivity index (χ0) is 24.1. The summed E-state index contributed by atoms with van der Waals surface area (Å²) in [5.41, 5.74) is 0.926.